The summed E-state index contributed by atoms with van der Waals surface area (Å²) in [6, 6.07) is 12.3. The highest BCUT2D eigenvalue weighted by atomic mass is 16.5. The summed E-state index contributed by atoms with van der Waals surface area (Å²) in [4.78, 5) is 12.3. The average molecular weight is 301 g/mol. The number of amides is 1. The predicted octanol–water partition coefficient (Wildman–Crippen LogP) is 3.35. The SMILES string of the molecule is CCOc1cc(C(=O)Nc2cccc(OC)c2)ccc1OC. The number of nitrogens with one attached hydrogen (secondary N) is 1. The summed E-state index contributed by atoms with van der Waals surface area (Å²) in [5.41, 5.74) is 1.16. The number of benzene rings is 2. The van der Waals surface area contributed by atoms with Crippen LogP contribution in [0.15, 0.2) is 42.5 Å². The van der Waals surface area contributed by atoms with Crippen LogP contribution >= 0.6 is 0 Å². The van der Waals surface area contributed by atoms with Gasteiger partial charge in [0.1, 0.15) is 5.75 Å². The number of hydrogen-bond donors (Lipinski definition) is 1. The van der Waals surface area contributed by atoms with Crippen LogP contribution in [0.4, 0.5) is 5.69 Å². The minimum atomic E-state index is -0.225. The van der Waals surface area contributed by atoms with E-state index in [0.29, 0.717) is 35.1 Å². The molecule has 116 valence electrons. The molecular formula is C17H19NO4. The van der Waals surface area contributed by atoms with Crippen LogP contribution in [-0.4, -0.2) is 26.7 Å². The summed E-state index contributed by atoms with van der Waals surface area (Å²) in [7, 11) is 3.15. The monoisotopic (exact) mass is 301 g/mol. The molecule has 22 heavy (non-hydrogen) atoms. The number of methoxy groups -OCH3 is 2. The second kappa shape index (κ2) is 7.36. The lowest BCUT2D eigenvalue weighted by Gasteiger charge is -2.11. The third-order valence-corrected chi connectivity index (χ3v) is 3.05. The average Bonchev–Trinajstić information content (AvgIpc) is 2.55. The van der Waals surface area contributed by atoms with Crippen molar-refractivity contribution < 1.29 is 19.0 Å². The molecule has 2 rings (SSSR count). The Kier molecular flexibility index (Phi) is 5.25. The molecule has 0 atom stereocenters. The van der Waals surface area contributed by atoms with Crippen LogP contribution < -0.4 is 19.5 Å². The lowest BCUT2D eigenvalue weighted by molar-refractivity contribution is 0.102. The second-order valence-electron chi connectivity index (χ2n) is 4.48. The molecule has 0 radical (unpaired) electrons. The van der Waals surface area contributed by atoms with Gasteiger partial charge in [-0.2, -0.15) is 0 Å². The molecule has 0 aromatic heterocycles. The number of carbonyl (C=O) groups excluding carboxylic acids is 1. The van der Waals surface area contributed by atoms with Crippen molar-refractivity contribution >= 4 is 11.6 Å². The molecule has 0 aliphatic carbocycles. The van der Waals surface area contributed by atoms with E-state index in [-0.39, 0.29) is 5.91 Å². The Morgan fingerprint density at radius 1 is 1.05 bits per heavy atom. The van der Waals surface area contributed by atoms with Gasteiger partial charge in [0, 0.05) is 17.3 Å². The summed E-state index contributed by atoms with van der Waals surface area (Å²) >= 11 is 0. The highest BCUT2D eigenvalue weighted by molar-refractivity contribution is 6.04. The Morgan fingerprint density at radius 3 is 2.55 bits per heavy atom. The van der Waals surface area contributed by atoms with E-state index in [0.717, 1.165) is 0 Å². The van der Waals surface area contributed by atoms with Gasteiger partial charge < -0.3 is 19.5 Å². The molecule has 0 fully saturated rings. The first kappa shape index (κ1) is 15.7. The molecule has 0 spiro atoms. The Hall–Kier alpha value is -2.69. The van der Waals surface area contributed by atoms with Crippen LogP contribution in [0.1, 0.15) is 17.3 Å². The zero-order chi connectivity index (χ0) is 15.9. The van der Waals surface area contributed by atoms with Gasteiger partial charge in [-0.15, -0.1) is 0 Å². The molecule has 0 aliphatic heterocycles. The van der Waals surface area contributed by atoms with Gasteiger partial charge in [0.05, 0.1) is 20.8 Å². The fourth-order valence-electron chi connectivity index (χ4n) is 1.99. The summed E-state index contributed by atoms with van der Waals surface area (Å²) in [6.45, 7) is 2.37. The smallest absolute Gasteiger partial charge is 0.255 e. The molecule has 0 unspecified atom stereocenters. The summed E-state index contributed by atoms with van der Waals surface area (Å²) in [5.74, 6) is 1.60. The maximum atomic E-state index is 12.3. The standard InChI is InChI=1S/C17H19NO4/c1-4-22-16-10-12(8-9-15(16)21-3)17(19)18-13-6-5-7-14(11-13)20-2/h5-11H,4H2,1-3H3,(H,18,19). The zero-order valence-electron chi connectivity index (χ0n) is 12.9. The van der Waals surface area contributed by atoms with Crippen LogP contribution in [0, 0.1) is 0 Å². The summed E-state index contributed by atoms with van der Waals surface area (Å²) in [5, 5.41) is 2.82. The van der Waals surface area contributed by atoms with E-state index in [1.807, 2.05) is 19.1 Å². The number of anilines is 1. The van der Waals surface area contributed by atoms with Crippen LogP contribution in [0.5, 0.6) is 17.2 Å². The largest absolute Gasteiger partial charge is 0.497 e. The number of carbonyl (C=O) groups is 1. The van der Waals surface area contributed by atoms with Gasteiger partial charge in [-0.05, 0) is 37.3 Å². The fourth-order valence-corrected chi connectivity index (χ4v) is 1.99. The molecule has 0 saturated heterocycles. The molecule has 2 aromatic rings. The Labute approximate surface area is 129 Å². The molecular weight excluding hydrogens is 282 g/mol. The topological polar surface area (TPSA) is 56.8 Å². The summed E-state index contributed by atoms with van der Waals surface area (Å²) < 4.78 is 15.8. The van der Waals surface area contributed by atoms with Crippen LogP contribution in [0.25, 0.3) is 0 Å². The third-order valence-electron chi connectivity index (χ3n) is 3.05. The van der Waals surface area contributed by atoms with Crippen molar-refractivity contribution in [2.45, 2.75) is 6.92 Å². The molecule has 0 heterocycles. The van der Waals surface area contributed by atoms with E-state index >= 15 is 0 Å². The van der Waals surface area contributed by atoms with E-state index < -0.39 is 0 Å². The van der Waals surface area contributed by atoms with Gasteiger partial charge in [0.15, 0.2) is 11.5 Å². The molecule has 0 bridgehead atoms. The molecule has 5 heteroatoms. The first-order valence-electron chi connectivity index (χ1n) is 6.94. The van der Waals surface area contributed by atoms with Gasteiger partial charge in [0.2, 0.25) is 0 Å². The zero-order valence-corrected chi connectivity index (χ0v) is 12.9. The molecule has 1 amide bonds. The molecule has 1 N–H and O–H groups in total. The molecule has 2 aromatic carbocycles. The second-order valence-corrected chi connectivity index (χ2v) is 4.48. The van der Waals surface area contributed by atoms with E-state index in [1.165, 1.54) is 0 Å². The van der Waals surface area contributed by atoms with E-state index in [9.17, 15) is 4.79 Å². The fraction of sp³-hybridized carbons (Fsp3) is 0.235. The van der Waals surface area contributed by atoms with Gasteiger partial charge in [-0.3, -0.25) is 4.79 Å². The van der Waals surface area contributed by atoms with Crippen molar-refractivity contribution in [3.63, 3.8) is 0 Å². The van der Waals surface area contributed by atoms with Crippen molar-refractivity contribution in [3.8, 4) is 17.2 Å². The van der Waals surface area contributed by atoms with Crippen molar-refractivity contribution in [2.24, 2.45) is 0 Å². The normalized spacial score (nSPS) is 9.95. The van der Waals surface area contributed by atoms with E-state index in [2.05, 4.69) is 5.32 Å². The lowest BCUT2D eigenvalue weighted by atomic mass is 10.2. The summed E-state index contributed by atoms with van der Waals surface area (Å²) in [6.07, 6.45) is 0. The van der Waals surface area contributed by atoms with Crippen molar-refractivity contribution in [1.82, 2.24) is 0 Å². The third kappa shape index (κ3) is 3.69. The van der Waals surface area contributed by atoms with Gasteiger partial charge >= 0.3 is 0 Å². The number of hydrogen-bond acceptors (Lipinski definition) is 4. The number of rotatable bonds is 6. The van der Waals surface area contributed by atoms with E-state index in [1.54, 1.807) is 44.6 Å². The van der Waals surface area contributed by atoms with Gasteiger partial charge in [-0.25, -0.2) is 0 Å². The highest BCUT2D eigenvalue weighted by Gasteiger charge is 2.11. The van der Waals surface area contributed by atoms with Crippen molar-refractivity contribution in [2.75, 3.05) is 26.1 Å². The molecule has 0 aliphatic rings. The first-order valence-corrected chi connectivity index (χ1v) is 6.94. The van der Waals surface area contributed by atoms with Gasteiger partial charge in [0.25, 0.3) is 5.91 Å². The number of ether oxygens (including phenoxy) is 3. The Morgan fingerprint density at radius 2 is 1.86 bits per heavy atom. The molecule has 5 nitrogen and oxygen atoms in total. The van der Waals surface area contributed by atoms with Crippen LogP contribution in [0.3, 0.4) is 0 Å². The lowest BCUT2D eigenvalue weighted by Crippen LogP contribution is -2.12. The minimum Gasteiger partial charge on any atom is -0.497 e. The maximum absolute atomic E-state index is 12.3. The van der Waals surface area contributed by atoms with Crippen molar-refractivity contribution in [1.29, 1.82) is 0 Å². The predicted molar refractivity (Wildman–Crippen MR) is 85.1 cm³/mol. The van der Waals surface area contributed by atoms with Gasteiger partial charge in [-0.1, -0.05) is 6.07 Å². The Balaban J connectivity index is 2.19. The molecule has 0 saturated carbocycles. The minimum absolute atomic E-state index is 0.225. The van der Waals surface area contributed by atoms with Crippen LogP contribution in [-0.2, 0) is 0 Å². The highest BCUT2D eigenvalue weighted by Crippen LogP contribution is 2.28. The maximum Gasteiger partial charge on any atom is 0.255 e. The van der Waals surface area contributed by atoms with Crippen LogP contribution in [0.2, 0.25) is 0 Å². The quantitative estimate of drug-likeness (QED) is 0.889. The van der Waals surface area contributed by atoms with E-state index in [4.69, 9.17) is 14.2 Å². The first-order chi connectivity index (χ1) is 10.7. The Bertz CT molecular complexity index is 655. The van der Waals surface area contributed by atoms with Crippen molar-refractivity contribution in [3.05, 3.63) is 48.0 Å².